The molecule has 0 saturated heterocycles. The molecule has 29 heavy (non-hydrogen) atoms. The molecule has 0 bridgehead atoms. The van der Waals surface area contributed by atoms with Crippen molar-refractivity contribution in [3.8, 4) is 11.6 Å². The monoisotopic (exact) mass is 413 g/mol. The van der Waals surface area contributed by atoms with Gasteiger partial charge in [0.25, 0.3) is 0 Å². The van der Waals surface area contributed by atoms with Crippen LogP contribution in [0.1, 0.15) is 11.1 Å². The van der Waals surface area contributed by atoms with Gasteiger partial charge in [-0.25, -0.2) is 4.98 Å². The van der Waals surface area contributed by atoms with Crippen molar-refractivity contribution in [1.29, 1.82) is 0 Å². The number of rotatable bonds is 9. The van der Waals surface area contributed by atoms with Gasteiger partial charge in [0.15, 0.2) is 5.16 Å². The fraction of sp³-hybridized carbons (Fsp3) is 0.300. The first-order valence-electron chi connectivity index (χ1n) is 9.05. The van der Waals surface area contributed by atoms with Crippen LogP contribution in [-0.2, 0) is 9.53 Å². The summed E-state index contributed by atoms with van der Waals surface area (Å²) in [5, 5.41) is 11.6. The number of nitrogens with one attached hydrogen (secondary N) is 1. The number of hydrogen-bond donors (Lipinski definition) is 1. The van der Waals surface area contributed by atoms with E-state index < -0.39 is 0 Å². The van der Waals surface area contributed by atoms with E-state index in [4.69, 9.17) is 9.47 Å². The Morgan fingerprint density at radius 2 is 2.07 bits per heavy atom. The maximum absolute atomic E-state index is 12.4. The van der Waals surface area contributed by atoms with Crippen LogP contribution in [0.5, 0.6) is 5.88 Å². The fourth-order valence-electron chi connectivity index (χ4n) is 2.51. The molecule has 2 aromatic heterocycles. The van der Waals surface area contributed by atoms with Crippen molar-refractivity contribution < 1.29 is 14.3 Å². The van der Waals surface area contributed by atoms with Crippen LogP contribution in [0.3, 0.4) is 0 Å². The smallest absolute Gasteiger partial charge is 0.237 e. The lowest BCUT2D eigenvalue weighted by atomic mass is 10.1. The Morgan fingerprint density at radius 1 is 1.21 bits per heavy atom. The number of methoxy groups -OCH3 is 1. The number of anilines is 1. The molecular weight excluding hydrogens is 390 g/mol. The first-order valence-corrected chi connectivity index (χ1v) is 10.0. The molecule has 0 aliphatic carbocycles. The van der Waals surface area contributed by atoms with Crippen molar-refractivity contribution in [3.05, 3.63) is 54.0 Å². The molecule has 9 heteroatoms. The third-order valence-corrected chi connectivity index (χ3v) is 5.13. The van der Waals surface area contributed by atoms with Crippen LogP contribution in [0, 0.1) is 13.8 Å². The molecule has 0 aliphatic heterocycles. The Kier molecular flexibility index (Phi) is 7.20. The van der Waals surface area contributed by atoms with Gasteiger partial charge in [0.05, 0.1) is 12.4 Å². The van der Waals surface area contributed by atoms with E-state index in [1.165, 1.54) is 22.9 Å². The van der Waals surface area contributed by atoms with E-state index in [0.717, 1.165) is 5.69 Å². The third-order valence-electron chi connectivity index (χ3n) is 4.19. The van der Waals surface area contributed by atoms with E-state index in [-0.39, 0.29) is 11.7 Å². The van der Waals surface area contributed by atoms with E-state index in [9.17, 15) is 4.79 Å². The zero-order chi connectivity index (χ0) is 20.6. The summed E-state index contributed by atoms with van der Waals surface area (Å²) < 4.78 is 12.4. The van der Waals surface area contributed by atoms with E-state index in [1.807, 2.05) is 10.6 Å². The molecule has 0 saturated carbocycles. The molecule has 1 N–H and O–H groups in total. The highest BCUT2D eigenvalue weighted by Crippen LogP contribution is 2.23. The number of benzene rings is 1. The van der Waals surface area contributed by atoms with Crippen molar-refractivity contribution >= 4 is 23.4 Å². The largest absolute Gasteiger partial charge is 0.474 e. The molecule has 8 nitrogen and oxygen atoms in total. The molecule has 3 rings (SSSR count). The van der Waals surface area contributed by atoms with Crippen molar-refractivity contribution in [2.24, 2.45) is 0 Å². The van der Waals surface area contributed by atoms with E-state index in [1.54, 1.807) is 31.8 Å². The Labute approximate surface area is 173 Å². The van der Waals surface area contributed by atoms with Crippen LogP contribution in [0.2, 0.25) is 0 Å². The second-order valence-electron chi connectivity index (χ2n) is 6.29. The maximum Gasteiger partial charge on any atom is 0.237 e. The highest BCUT2D eigenvalue weighted by molar-refractivity contribution is 7.99. The number of ether oxygens (including phenoxy) is 2. The molecule has 3 aromatic rings. The summed E-state index contributed by atoms with van der Waals surface area (Å²) in [6.45, 7) is 4.92. The van der Waals surface area contributed by atoms with Gasteiger partial charge in [-0.2, -0.15) is 0 Å². The third kappa shape index (κ3) is 5.55. The lowest BCUT2D eigenvalue weighted by molar-refractivity contribution is -0.113. The van der Waals surface area contributed by atoms with Gasteiger partial charge in [-0.15, -0.1) is 10.2 Å². The standard InChI is InChI=1S/C20H23N5O3S/c1-14-6-7-16(11-15(14)2)25-13-22-24-20(25)29-12-18(26)23-17-5-4-8-21-19(17)28-10-9-27-3/h4-8,11,13H,9-10,12H2,1-3H3,(H,23,26). The quantitative estimate of drug-likeness (QED) is 0.426. The normalized spacial score (nSPS) is 10.7. The summed E-state index contributed by atoms with van der Waals surface area (Å²) in [4.78, 5) is 16.6. The molecule has 0 atom stereocenters. The summed E-state index contributed by atoms with van der Waals surface area (Å²) in [5.41, 5.74) is 3.88. The SMILES string of the molecule is COCCOc1ncccc1NC(=O)CSc1nncn1-c1ccc(C)c(C)c1. The Balaban J connectivity index is 1.62. The maximum atomic E-state index is 12.4. The first kappa shape index (κ1) is 20.8. The molecule has 2 heterocycles. The van der Waals surface area contributed by atoms with E-state index in [2.05, 4.69) is 46.5 Å². The Morgan fingerprint density at radius 3 is 2.86 bits per heavy atom. The average Bonchev–Trinajstić information content (AvgIpc) is 3.18. The van der Waals surface area contributed by atoms with Gasteiger partial charge in [0.1, 0.15) is 18.6 Å². The fourth-order valence-corrected chi connectivity index (χ4v) is 3.24. The number of nitrogens with zero attached hydrogens (tertiary/aromatic N) is 4. The minimum absolute atomic E-state index is 0.177. The van der Waals surface area contributed by atoms with Crippen LogP contribution >= 0.6 is 11.8 Å². The lowest BCUT2D eigenvalue weighted by Gasteiger charge is -2.11. The van der Waals surface area contributed by atoms with Crippen LogP contribution in [0.15, 0.2) is 48.0 Å². The van der Waals surface area contributed by atoms with Gasteiger partial charge in [0, 0.05) is 19.0 Å². The summed E-state index contributed by atoms with van der Waals surface area (Å²) >= 11 is 1.31. The number of carbonyl (C=O) groups excluding carboxylic acids is 1. The summed E-state index contributed by atoms with van der Waals surface area (Å²) in [5.74, 6) is 0.353. The number of aromatic nitrogens is 4. The van der Waals surface area contributed by atoms with Gasteiger partial charge >= 0.3 is 0 Å². The molecule has 152 valence electrons. The van der Waals surface area contributed by atoms with Crippen LogP contribution < -0.4 is 10.1 Å². The van der Waals surface area contributed by atoms with Gasteiger partial charge < -0.3 is 14.8 Å². The number of aryl methyl sites for hydroxylation is 2. The molecule has 0 spiro atoms. The Hall–Kier alpha value is -2.91. The number of pyridine rings is 1. The minimum Gasteiger partial charge on any atom is -0.474 e. The highest BCUT2D eigenvalue weighted by atomic mass is 32.2. The van der Waals surface area contributed by atoms with Gasteiger partial charge in [-0.05, 0) is 49.2 Å². The molecule has 0 aliphatic rings. The molecule has 1 aromatic carbocycles. The Bertz CT molecular complexity index is 976. The van der Waals surface area contributed by atoms with E-state index >= 15 is 0 Å². The average molecular weight is 414 g/mol. The van der Waals surface area contributed by atoms with Crippen molar-refractivity contribution in [3.63, 3.8) is 0 Å². The lowest BCUT2D eigenvalue weighted by Crippen LogP contribution is -2.16. The van der Waals surface area contributed by atoms with Gasteiger partial charge in [0.2, 0.25) is 11.8 Å². The van der Waals surface area contributed by atoms with Crippen molar-refractivity contribution in [2.45, 2.75) is 19.0 Å². The summed E-state index contributed by atoms with van der Waals surface area (Å²) in [6.07, 6.45) is 3.26. The highest BCUT2D eigenvalue weighted by Gasteiger charge is 2.13. The molecule has 0 radical (unpaired) electrons. The molecule has 0 fully saturated rings. The molecular formula is C20H23N5O3S. The number of hydrogen-bond acceptors (Lipinski definition) is 7. The number of amides is 1. The number of thioether (sulfide) groups is 1. The van der Waals surface area contributed by atoms with Crippen LogP contribution in [-0.4, -0.2) is 51.7 Å². The second kappa shape index (κ2) is 10.0. The van der Waals surface area contributed by atoms with Crippen molar-refractivity contribution in [2.75, 3.05) is 31.4 Å². The zero-order valence-electron chi connectivity index (χ0n) is 16.6. The van der Waals surface area contributed by atoms with Crippen LogP contribution in [0.25, 0.3) is 5.69 Å². The van der Waals surface area contributed by atoms with Gasteiger partial charge in [-0.3, -0.25) is 9.36 Å². The topological polar surface area (TPSA) is 91.2 Å². The van der Waals surface area contributed by atoms with Crippen LogP contribution in [0.4, 0.5) is 5.69 Å². The second-order valence-corrected chi connectivity index (χ2v) is 7.23. The zero-order valence-corrected chi connectivity index (χ0v) is 17.4. The number of carbonyl (C=O) groups is 1. The summed E-state index contributed by atoms with van der Waals surface area (Å²) in [7, 11) is 1.60. The van der Waals surface area contributed by atoms with Gasteiger partial charge in [-0.1, -0.05) is 17.8 Å². The predicted octanol–water partition coefficient (Wildman–Crippen LogP) is 3.04. The summed E-state index contributed by atoms with van der Waals surface area (Å²) in [6, 6.07) is 9.62. The predicted molar refractivity (Wildman–Crippen MR) is 112 cm³/mol. The van der Waals surface area contributed by atoms with E-state index in [0.29, 0.717) is 29.9 Å². The molecule has 1 amide bonds. The van der Waals surface area contributed by atoms with Crippen molar-refractivity contribution in [1.82, 2.24) is 19.7 Å². The first-order chi connectivity index (χ1) is 14.1. The molecule has 0 unspecified atom stereocenters. The minimum atomic E-state index is -0.186.